The van der Waals surface area contributed by atoms with Crippen LogP contribution in [0.1, 0.15) is 19.1 Å². The molecule has 1 aromatic heterocycles. The number of β-amino-alcohol motifs (C(OH)–C–C–N with tert-alkyl or cyclic N) is 1. The van der Waals surface area contributed by atoms with Crippen molar-refractivity contribution in [2.45, 2.75) is 25.4 Å². The second-order valence-electron chi connectivity index (χ2n) is 8.54. The van der Waals surface area contributed by atoms with Crippen LogP contribution in [0.5, 0.6) is 0 Å². The highest BCUT2D eigenvalue weighted by Gasteiger charge is 2.25. The van der Waals surface area contributed by atoms with E-state index in [2.05, 4.69) is 25.4 Å². The van der Waals surface area contributed by atoms with Crippen molar-refractivity contribution in [2.24, 2.45) is 4.99 Å². The van der Waals surface area contributed by atoms with E-state index in [1.54, 1.807) is 6.26 Å². The van der Waals surface area contributed by atoms with Gasteiger partial charge in [0.15, 0.2) is 5.96 Å². The van der Waals surface area contributed by atoms with Gasteiger partial charge in [-0.15, -0.1) is 24.0 Å². The molecule has 1 aromatic rings. The van der Waals surface area contributed by atoms with Crippen molar-refractivity contribution in [3.63, 3.8) is 0 Å². The molecule has 2 saturated heterocycles. The van der Waals surface area contributed by atoms with Gasteiger partial charge in [-0.3, -0.25) is 14.8 Å². The number of aliphatic hydroxyl groups is 1. The van der Waals surface area contributed by atoms with Crippen LogP contribution in [-0.2, 0) is 15.9 Å². The minimum atomic E-state index is -0.888. The molecule has 3 N–H and O–H groups in total. The number of morpholine rings is 2. The molecule has 0 radical (unpaired) electrons. The lowest BCUT2D eigenvalue weighted by molar-refractivity contribution is -0.0180. The number of aliphatic imine (C=N–C) groups is 1. The van der Waals surface area contributed by atoms with Crippen molar-refractivity contribution in [3.8, 4) is 0 Å². The zero-order chi connectivity index (χ0) is 21.8. The largest absolute Gasteiger partial charge is 0.469 e. The molecular formula is C22H40IN5O4. The van der Waals surface area contributed by atoms with E-state index in [4.69, 9.17) is 13.9 Å². The molecule has 0 amide bonds. The maximum Gasteiger partial charge on any atom is 0.191 e. The molecule has 184 valence electrons. The summed E-state index contributed by atoms with van der Waals surface area (Å²) >= 11 is 0. The highest BCUT2D eigenvalue weighted by atomic mass is 127. The fourth-order valence-corrected chi connectivity index (χ4v) is 3.81. The van der Waals surface area contributed by atoms with Crippen molar-refractivity contribution in [2.75, 3.05) is 85.3 Å². The fraction of sp³-hybridized carbons (Fsp3) is 0.773. The van der Waals surface area contributed by atoms with Crippen LogP contribution >= 0.6 is 24.0 Å². The lowest BCUT2D eigenvalue weighted by atomic mass is 10.1. The van der Waals surface area contributed by atoms with Crippen molar-refractivity contribution >= 4 is 29.9 Å². The van der Waals surface area contributed by atoms with Crippen molar-refractivity contribution in [3.05, 3.63) is 24.2 Å². The Morgan fingerprint density at radius 2 is 1.72 bits per heavy atom. The molecule has 2 aliphatic heterocycles. The van der Waals surface area contributed by atoms with E-state index in [0.717, 1.165) is 90.3 Å². The molecule has 0 spiro atoms. The first-order chi connectivity index (χ1) is 15.1. The van der Waals surface area contributed by atoms with Gasteiger partial charge in [0, 0.05) is 52.2 Å². The van der Waals surface area contributed by atoms with Crippen molar-refractivity contribution in [1.29, 1.82) is 0 Å². The summed E-state index contributed by atoms with van der Waals surface area (Å²) in [4.78, 5) is 9.35. The zero-order valence-electron chi connectivity index (χ0n) is 19.3. The Morgan fingerprint density at radius 3 is 2.38 bits per heavy atom. The normalized spacial score (nSPS) is 20.4. The van der Waals surface area contributed by atoms with E-state index in [1.165, 1.54) is 0 Å². The second kappa shape index (κ2) is 15.1. The number of furan rings is 1. The van der Waals surface area contributed by atoms with Crippen molar-refractivity contribution < 1.29 is 19.0 Å². The highest BCUT2D eigenvalue weighted by Crippen LogP contribution is 2.09. The molecular weight excluding hydrogens is 525 g/mol. The van der Waals surface area contributed by atoms with Gasteiger partial charge in [-0.25, -0.2) is 0 Å². The van der Waals surface area contributed by atoms with E-state index in [9.17, 15) is 5.11 Å². The smallest absolute Gasteiger partial charge is 0.191 e. The molecule has 9 nitrogen and oxygen atoms in total. The van der Waals surface area contributed by atoms with E-state index in [-0.39, 0.29) is 24.0 Å². The summed E-state index contributed by atoms with van der Waals surface area (Å²) in [5.74, 6) is 1.68. The first kappa shape index (κ1) is 27.3. The summed E-state index contributed by atoms with van der Waals surface area (Å²) in [5.41, 5.74) is -0.888. The molecule has 0 bridgehead atoms. The summed E-state index contributed by atoms with van der Waals surface area (Å²) < 4.78 is 16.2. The van der Waals surface area contributed by atoms with Crippen molar-refractivity contribution in [1.82, 2.24) is 20.4 Å². The third-order valence-corrected chi connectivity index (χ3v) is 5.54. The molecule has 3 rings (SSSR count). The lowest BCUT2D eigenvalue weighted by Crippen LogP contribution is -2.48. The molecule has 2 aliphatic rings. The number of halogens is 1. The molecule has 0 aliphatic carbocycles. The first-order valence-corrected chi connectivity index (χ1v) is 11.5. The second-order valence-corrected chi connectivity index (χ2v) is 8.54. The van der Waals surface area contributed by atoms with Gasteiger partial charge >= 0.3 is 0 Å². The standard InChI is InChI=1S/C22H39N5O4.HI/c1-22(28,19-27-11-16-30-17-12-27)18-25-21(24-7-5-20-4-2-13-31-20)23-6-3-8-26-9-14-29-15-10-26;/h2,4,13,28H,3,5-12,14-19H2,1H3,(H2,23,24,25);1H. The Hall–Kier alpha value is -0.920. The molecule has 0 saturated carbocycles. The number of nitrogens with one attached hydrogen (secondary N) is 2. The molecule has 2 fully saturated rings. The maximum atomic E-state index is 10.9. The summed E-state index contributed by atoms with van der Waals surface area (Å²) in [7, 11) is 0. The fourth-order valence-electron chi connectivity index (χ4n) is 3.81. The number of hydrogen-bond donors (Lipinski definition) is 3. The monoisotopic (exact) mass is 565 g/mol. The van der Waals surface area contributed by atoms with Gasteiger partial charge in [-0.1, -0.05) is 0 Å². The van der Waals surface area contributed by atoms with Gasteiger partial charge in [0.05, 0.1) is 44.8 Å². The molecule has 3 heterocycles. The van der Waals surface area contributed by atoms with Crippen LogP contribution in [0, 0.1) is 0 Å². The van der Waals surface area contributed by atoms with Gasteiger partial charge in [0.1, 0.15) is 5.76 Å². The first-order valence-electron chi connectivity index (χ1n) is 11.5. The minimum absolute atomic E-state index is 0. The van der Waals surface area contributed by atoms with Gasteiger partial charge in [-0.2, -0.15) is 0 Å². The van der Waals surface area contributed by atoms with E-state index in [0.29, 0.717) is 19.6 Å². The van der Waals surface area contributed by atoms with Crippen LogP contribution in [-0.4, -0.2) is 112 Å². The van der Waals surface area contributed by atoms with Crippen LogP contribution in [0.4, 0.5) is 0 Å². The average Bonchev–Trinajstić information content (AvgIpc) is 3.29. The molecule has 1 atom stereocenters. The summed E-state index contributed by atoms with van der Waals surface area (Å²) in [5, 5.41) is 17.6. The zero-order valence-corrected chi connectivity index (χ0v) is 21.6. The Kier molecular flexibility index (Phi) is 12.9. The number of ether oxygens (including phenoxy) is 2. The maximum absolute atomic E-state index is 10.9. The van der Waals surface area contributed by atoms with Gasteiger partial charge in [-0.05, 0) is 32.0 Å². The van der Waals surface area contributed by atoms with Crippen LogP contribution in [0.3, 0.4) is 0 Å². The van der Waals surface area contributed by atoms with Crippen LogP contribution in [0.2, 0.25) is 0 Å². The molecule has 1 unspecified atom stereocenters. The average molecular weight is 565 g/mol. The van der Waals surface area contributed by atoms with Gasteiger partial charge in [0.2, 0.25) is 0 Å². The van der Waals surface area contributed by atoms with Crippen LogP contribution in [0.15, 0.2) is 27.8 Å². The Balaban J connectivity index is 0.00000363. The number of rotatable bonds is 11. The quantitative estimate of drug-likeness (QED) is 0.157. The van der Waals surface area contributed by atoms with Crippen LogP contribution < -0.4 is 10.6 Å². The highest BCUT2D eigenvalue weighted by molar-refractivity contribution is 14.0. The predicted molar refractivity (Wildman–Crippen MR) is 136 cm³/mol. The summed E-state index contributed by atoms with van der Waals surface area (Å²) in [6.07, 6.45) is 3.51. The van der Waals surface area contributed by atoms with E-state index < -0.39 is 5.60 Å². The number of hydrogen-bond acceptors (Lipinski definition) is 7. The third-order valence-electron chi connectivity index (χ3n) is 5.54. The minimum Gasteiger partial charge on any atom is -0.469 e. The number of guanidine groups is 1. The van der Waals surface area contributed by atoms with E-state index >= 15 is 0 Å². The molecule has 0 aromatic carbocycles. The Morgan fingerprint density at radius 1 is 1.06 bits per heavy atom. The predicted octanol–water partition coefficient (Wildman–Crippen LogP) is 0.781. The Bertz CT molecular complexity index is 632. The van der Waals surface area contributed by atoms with E-state index in [1.807, 2.05) is 19.1 Å². The summed E-state index contributed by atoms with van der Waals surface area (Å²) in [6, 6.07) is 3.87. The molecule has 10 heteroatoms. The summed E-state index contributed by atoms with van der Waals surface area (Å²) in [6.45, 7) is 12.2. The van der Waals surface area contributed by atoms with Gasteiger partial charge < -0.3 is 29.6 Å². The van der Waals surface area contributed by atoms with Gasteiger partial charge in [0.25, 0.3) is 0 Å². The topological polar surface area (TPSA) is 94.7 Å². The third kappa shape index (κ3) is 10.8. The Labute approximate surface area is 208 Å². The molecule has 32 heavy (non-hydrogen) atoms. The SMILES string of the molecule is CC(O)(CN=C(NCCCN1CCOCC1)NCCc1ccco1)CN1CCOCC1.I. The lowest BCUT2D eigenvalue weighted by Gasteiger charge is -2.33. The number of nitrogens with zero attached hydrogens (tertiary/aromatic N) is 3. The van der Waals surface area contributed by atoms with Crippen LogP contribution in [0.25, 0.3) is 0 Å².